The summed E-state index contributed by atoms with van der Waals surface area (Å²) in [5.41, 5.74) is 4.95. The van der Waals surface area contributed by atoms with Crippen molar-refractivity contribution in [1.29, 1.82) is 0 Å². The van der Waals surface area contributed by atoms with Gasteiger partial charge < -0.3 is 4.74 Å². The van der Waals surface area contributed by atoms with Gasteiger partial charge in [0.2, 0.25) is 0 Å². The second kappa shape index (κ2) is 6.32. The Hall–Kier alpha value is -2.87. The van der Waals surface area contributed by atoms with Gasteiger partial charge in [0, 0.05) is 17.3 Å². The SMILES string of the molecule is CC(C)c1c2c(cc3ccccc13)-c1nccc3cc(CC(C)(C)C)cc(c13)O2. The number of ether oxygens (including phenoxy) is 1. The van der Waals surface area contributed by atoms with Crippen LogP contribution in [0.2, 0.25) is 0 Å². The van der Waals surface area contributed by atoms with E-state index >= 15 is 0 Å². The third kappa shape index (κ3) is 2.98. The highest BCUT2D eigenvalue weighted by molar-refractivity contribution is 6.06. The molecule has 0 spiro atoms. The van der Waals surface area contributed by atoms with E-state index < -0.39 is 0 Å². The number of nitrogens with zero attached hydrogens (tertiary/aromatic N) is 1. The molecule has 0 radical (unpaired) electrons. The van der Waals surface area contributed by atoms with Crippen molar-refractivity contribution in [2.75, 3.05) is 0 Å². The summed E-state index contributed by atoms with van der Waals surface area (Å²) >= 11 is 0. The molecular formula is C27H27NO. The van der Waals surface area contributed by atoms with Gasteiger partial charge >= 0.3 is 0 Å². The minimum Gasteiger partial charge on any atom is -0.456 e. The maximum Gasteiger partial charge on any atom is 0.140 e. The summed E-state index contributed by atoms with van der Waals surface area (Å²) in [5.74, 6) is 2.27. The topological polar surface area (TPSA) is 22.1 Å². The Bertz CT molecular complexity index is 1260. The van der Waals surface area contributed by atoms with Crippen LogP contribution in [-0.4, -0.2) is 4.98 Å². The third-order valence-corrected chi connectivity index (χ3v) is 5.71. The molecule has 0 unspecified atom stereocenters. The predicted molar refractivity (Wildman–Crippen MR) is 122 cm³/mol. The van der Waals surface area contributed by atoms with E-state index in [4.69, 9.17) is 9.72 Å². The monoisotopic (exact) mass is 381 g/mol. The van der Waals surface area contributed by atoms with Gasteiger partial charge in [0.05, 0.1) is 11.1 Å². The molecule has 0 amide bonds. The predicted octanol–water partition coefficient (Wildman–Crippen LogP) is 7.87. The summed E-state index contributed by atoms with van der Waals surface area (Å²) in [6.07, 6.45) is 2.94. The van der Waals surface area contributed by atoms with Crippen LogP contribution in [0.3, 0.4) is 0 Å². The van der Waals surface area contributed by atoms with Crippen LogP contribution in [0.1, 0.15) is 51.7 Å². The van der Waals surface area contributed by atoms with Crippen LogP contribution in [0.5, 0.6) is 11.5 Å². The summed E-state index contributed by atoms with van der Waals surface area (Å²) in [6.45, 7) is 11.3. The standard InChI is InChI=1S/C27H27NO/c1-16(2)23-20-9-7-6-8-18(20)14-21-25-24-19(10-11-28-25)12-17(15-27(3,4)5)13-22(24)29-26(21)23/h6-14,16H,15H2,1-5H3. The molecule has 2 nitrogen and oxygen atoms in total. The highest BCUT2D eigenvalue weighted by Gasteiger charge is 2.27. The molecule has 1 aliphatic rings. The second-order valence-corrected chi connectivity index (χ2v) is 9.73. The van der Waals surface area contributed by atoms with E-state index in [2.05, 4.69) is 83.1 Å². The average molecular weight is 382 g/mol. The Morgan fingerprint density at radius 2 is 1.76 bits per heavy atom. The van der Waals surface area contributed by atoms with Crippen LogP contribution >= 0.6 is 0 Å². The Balaban J connectivity index is 1.83. The molecule has 4 aromatic rings. The summed E-state index contributed by atoms with van der Waals surface area (Å²) in [7, 11) is 0. The molecule has 5 rings (SSSR count). The largest absolute Gasteiger partial charge is 0.456 e. The van der Waals surface area contributed by atoms with Gasteiger partial charge in [-0.3, -0.25) is 4.98 Å². The number of fused-ring (bicyclic) bond motifs is 3. The van der Waals surface area contributed by atoms with Gasteiger partial charge in [0.15, 0.2) is 0 Å². The van der Waals surface area contributed by atoms with E-state index in [9.17, 15) is 0 Å². The number of rotatable bonds is 2. The van der Waals surface area contributed by atoms with E-state index in [1.165, 1.54) is 27.3 Å². The van der Waals surface area contributed by atoms with Crippen molar-refractivity contribution in [2.45, 2.75) is 47.0 Å². The lowest BCUT2D eigenvalue weighted by molar-refractivity contribution is 0.410. The minimum atomic E-state index is 0.224. The van der Waals surface area contributed by atoms with Crippen molar-refractivity contribution in [2.24, 2.45) is 5.41 Å². The van der Waals surface area contributed by atoms with E-state index in [1.807, 2.05) is 6.20 Å². The molecule has 29 heavy (non-hydrogen) atoms. The Labute approximate surface area is 172 Å². The molecule has 0 bridgehead atoms. The van der Waals surface area contributed by atoms with Gasteiger partial charge in [-0.15, -0.1) is 0 Å². The van der Waals surface area contributed by atoms with E-state index in [1.54, 1.807) is 0 Å². The minimum absolute atomic E-state index is 0.224. The molecule has 0 aliphatic carbocycles. The Morgan fingerprint density at radius 3 is 2.52 bits per heavy atom. The van der Waals surface area contributed by atoms with Crippen LogP contribution in [0.25, 0.3) is 32.8 Å². The van der Waals surface area contributed by atoms with Crippen molar-refractivity contribution >= 4 is 21.5 Å². The van der Waals surface area contributed by atoms with Crippen molar-refractivity contribution < 1.29 is 4.74 Å². The number of pyridine rings is 1. The summed E-state index contributed by atoms with van der Waals surface area (Å²) in [4.78, 5) is 4.81. The van der Waals surface area contributed by atoms with E-state index in [-0.39, 0.29) is 5.41 Å². The normalized spacial score (nSPS) is 13.0. The van der Waals surface area contributed by atoms with E-state index in [0.717, 1.165) is 34.6 Å². The van der Waals surface area contributed by atoms with Gasteiger partial charge in [-0.25, -0.2) is 0 Å². The lowest BCUT2D eigenvalue weighted by Crippen LogP contribution is -2.10. The molecule has 3 aromatic carbocycles. The molecule has 0 fully saturated rings. The lowest BCUT2D eigenvalue weighted by Gasteiger charge is -2.27. The maximum absolute atomic E-state index is 6.67. The molecule has 1 aliphatic heterocycles. The Kier molecular flexibility index (Phi) is 3.96. The van der Waals surface area contributed by atoms with Gasteiger partial charge in [-0.1, -0.05) is 65.0 Å². The van der Waals surface area contributed by atoms with Crippen molar-refractivity contribution in [3.8, 4) is 22.8 Å². The zero-order valence-corrected chi connectivity index (χ0v) is 17.8. The summed E-state index contributed by atoms with van der Waals surface area (Å²) < 4.78 is 6.67. The first-order valence-electron chi connectivity index (χ1n) is 10.5. The highest BCUT2D eigenvalue weighted by atomic mass is 16.5. The maximum atomic E-state index is 6.67. The van der Waals surface area contributed by atoms with Crippen molar-refractivity contribution in [3.63, 3.8) is 0 Å². The van der Waals surface area contributed by atoms with Crippen molar-refractivity contribution in [1.82, 2.24) is 4.98 Å². The lowest BCUT2D eigenvalue weighted by atomic mass is 9.86. The fraction of sp³-hybridized carbons (Fsp3) is 0.296. The average Bonchev–Trinajstić information content (AvgIpc) is 2.65. The van der Waals surface area contributed by atoms with Gasteiger partial charge in [0.25, 0.3) is 0 Å². The first-order valence-corrected chi connectivity index (χ1v) is 10.5. The smallest absolute Gasteiger partial charge is 0.140 e. The number of hydrogen-bond donors (Lipinski definition) is 0. The van der Waals surface area contributed by atoms with Crippen molar-refractivity contribution in [3.05, 3.63) is 65.9 Å². The zero-order chi connectivity index (χ0) is 20.3. The summed E-state index contributed by atoms with van der Waals surface area (Å²) in [5, 5.41) is 4.84. The van der Waals surface area contributed by atoms with Crippen LogP contribution < -0.4 is 4.74 Å². The van der Waals surface area contributed by atoms with E-state index in [0.29, 0.717) is 5.92 Å². The number of hydrogen-bond acceptors (Lipinski definition) is 2. The molecule has 0 saturated carbocycles. The molecule has 2 heteroatoms. The molecule has 0 atom stereocenters. The fourth-order valence-corrected chi connectivity index (χ4v) is 4.66. The molecule has 1 aromatic heterocycles. The van der Waals surface area contributed by atoms with Crippen LogP contribution in [0.15, 0.2) is 54.7 Å². The van der Waals surface area contributed by atoms with Crippen LogP contribution in [0, 0.1) is 5.41 Å². The van der Waals surface area contributed by atoms with Crippen LogP contribution in [-0.2, 0) is 6.42 Å². The van der Waals surface area contributed by atoms with Gasteiger partial charge in [0.1, 0.15) is 11.5 Å². The molecule has 0 saturated heterocycles. The van der Waals surface area contributed by atoms with Gasteiger partial charge in [-0.05, 0) is 57.7 Å². The first-order chi connectivity index (χ1) is 13.8. The molecular weight excluding hydrogens is 354 g/mol. The fourth-order valence-electron chi connectivity index (χ4n) is 4.66. The number of benzene rings is 3. The number of aromatic nitrogens is 1. The first kappa shape index (κ1) is 18.2. The molecule has 146 valence electrons. The Morgan fingerprint density at radius 1 is 0.966 bits per heavy atom. The molecule has 2 heterocycles. The highest BCUT2D eigenvalue weighted by Crippen LogP contribution is 2.51. The second-order valence-electron chi connectivity index (χ2n) is 9.73. The van der Waals surface area contributed by atoms with Crippen LogP contribution in [0.4, 0.5) is 0 Å². The summed E-state index contributed by atoms with van der Waals surface area (Å²) in [6, 6.07) is 17.5. The third-order valence-electron chi connectivity index (χ3n) is 5.71. The molecule has 0 N–H and O–H groups in total. The zero-order valence-electron chi connectivity index (χ0n) is 17.8. The van der Waals surface area contributed by atoms with Gasteiger partial charge in [-0.2, -0.15) is 0 Å². The quantitative estimate of drug-likeness (QED) is 0.310.